The molecular formula is C26H30N4O2. The summed E-state index contributed by atoms with van der Waals surface area (Å²) in [6, 6.07) is 14.2. The molecule has 1 fully saturated rings. The van der Waals surface area contributed by atoms with Gasteiger partial charge in [0.1, 0.15) is 5.75 Å². The van der Waals surface area contributed by atoms with Crippen molar-refractivity contribution >= 4 is 28.2 Å². The summed E-state index contributed by atoms with van der Waals surface area (Å²) in [5.74, 6) is 0.743. The van der Waals surface area contributed by atoms with E-state index in [0.29, 0.717) is 12.2 Å². The molecule has 0 saturated carbocycles. The van der Waals surface area contributed by atoms with Crippen LogP contribution < -0.4 is 19.9 Å². The van der Waals surface area contributed by atoms with Crippen LogP contribution in [0, 0.1) is 0 Å². The normalized spacial score (nSPS) is 18.1. The third-order valence-electron chi connectivity index (χ3n) is 6.50. The highest BCUT2D eigenvalue weighted by Crippen LogP contribution is 2.36. The molecule has 0 aliphatic carbocycles. The van der Waals surface area contributed by atoms with Gasteiger partial charge in [-0.05, 0) is 31.4 Å². The predicted octanol–water partition coefficient (Wildman–Crippen LogP) is 4.54. The molecule has 1 aromatic heterocycles. The average Bonchev–Trinajstić information content (AvgIpc) is 2.83. The maximum Gasteiger partial charge on any atom is 0.255 e. The van der Waals surface area contributed by atoms with Crippen molar-refractivity contribution in [1.82, 2.24) is 10.3 Å². The van der Waals surface area contributed by atoms with E-state index in [1.165, 1.54) is 19.3 Å². The smallest absolute Gasteiger partial charge is 0.255 e. The topological polar surface area (TPSA) is 57.7 Å². The van der Waals surface area contributed by atoms with E-state index in [2.05, 4.69) is 28.4 Å². The van der Waals surface area contributed by atoms with Crippen molar-refractivity contribution in [3.05, 3.63) is 59.8 Å². The van der Waals surface area contributed by atoms with Crippen molar-refractivity contribution in [3.63, 3.8) is 0 Å². The van der Waals surface area contributed by atoms with Gasteiger partial charge in [0.15, 0.2) is 0 Å². The largest absolute Gasteiger partial charge is 0.493 e. The van der Waals surface area contributed by atoms with E-state index in [0.717, 1.165) is 53.1 Å². The fourth-order valence-corrected chi connectivity index (χ4v) is 4.96. The highest BCUT2D eigenvalue weighted by Gasteiger charge is 2.26. The molecule has 6 nitrogen and oxygen atoms in total. The molecule has 5 rings (SSSR count). The molecule has 1 N–H and O–H groups in total. The highest BCUT2D eigenvalue weighted by molar-refractivity contribution is 6.09. The van der Waals surface area contributed by atoms with Gasteiger partial charge in [0.05, 0.1) is 35.1 Å². The molecule has 32 heavy (non-hydrogen) atoms. The zero-order valence-electron chi connectivity index (χ0n) is 18.8. The third-order valence-corrected chi connectivity index (χ3v) is 6.50. The van der Waals surface area contributed by atoms with Crippen molar-refractivity contribution in [1.29, 1.82) is 0 Å². The van der Waals surface area contributed by atoms with E-state index in [1.54, 1.807) is 6.20 Å². The number of benzene rings is 2. The summed E-state index contributed by atoms with van der Waals surface area (Å²) in [4.78, 5) is 22.7. The van der Waals surface area contributed by atoms with Gasteiger partial charge in [-0.25, -0.2) is 0 Å². The summed E-state index contributed by atoms with van der Waals surface area (Å²) >= 11 is 0. The molecule has 6 heteroatoms. The number of ether oxygens (including phenoxy) is 1. The van der Waals surface area contributed by atoms with Crippen LogP contribution in [0.5, 0.6) is 5.75 Å². The molecule has 2 aliphatic heterocycles. The first kappa shape index (κ1) is 20.6. The summed E-state index contributed by atoms with van der Waals surface area (Å²) in [5, 5.41) is 4.25. The minimum atomic E-state index is -0.104. The molecular weight excluding hydrogens is 400 g/mol. The second-order valence-electron chi connectivity index (χ2n) is 8.84. The molecule has 1 saturated heterocycles. The number of hydrogen-bond acceptors (Lipinski definition) is 5. The molecule has 0 bridgehead atoms. The van der Waals surface area contributed by atoms with Crippen LogP contribution in [0.15, 0.2) is 48.7 Å². The van der Waals surface area contributed by atoms with Crippen LogP contribution in [-0.4, -0.2) is 44.7 Å². The lowest BCUT2D eigenvalue weighted by Gasteiger charge is -2.30. The number of pyridine rings is 1. The number of carbonyl (C=O) groups excluding carboxylic acids is 1. The second-order valence-corrected chi connectivity index (χ2v) is 8.84. The van der Waals surface area contributed by atoms with E-state index in [-0.39, 0.29) is 11.9 Å². The van der Waals surface area contributed by atoms with E-state index >= 15 is 0 Å². The maximum absolute atomic E-state index is 13.4. The Morgan fingerprint density at radius 2 is 1.91 bits per heavy atom. The van der Waals surface area contributed by atoms with Gasteiger partial charge in [0.2, 0.25) is 0 Å². The van der Waals surface area contributed by atoms with Crippen LogP contribution in [0.2, 0.25) is 0 Å². The van der Waals surface area contributed by atoms with E-state index < -0.39 is 0 Å². The minimum Gasteiger partial charge on any atom is -0.493 e. The van der Waals surface area contributed by atoms with Crippen LogP contribution in [0.4, 0.5) is 11.4 Å². The van der Waals surface area contributed by atoms with Gasteiger partial charge >= 0.3 is 0 Å². The molecule has 3 aromatic rings. The molecule has 2 aliphatic rings. The van der Waals surface area contributed by atoms with E-state index in [1.807, 2.05) is 43.3 Å². The summed E-state index contributed by atoms with van der Waals surface area (Å²) in [6.45, 7) is 2.71. The predicted molar refractivity (Wildman–Crippen MR) is 129 cm³/mol. The van der Waals surface area contributed by atoms with Crippen molar-refractivity contribution in [3.8, 4) is 5.75 Å². The first-order valence-electron chi connectivity index (χ1n) is 11.5. The lowest BCUT2D eigenvalue weighted by atomic mass is 9.99. The van der Waals surface area contributed by atoms with Gasteiger partial charge in [-0.3, -0.25) is 9.78 Å². The Morgan fingerprint density at radius 1 is 1.09 bits per heavy atom. The zero-order chi connectivity index (χ0) is 22.1. The van der Waals surface area contributed by atoms with Gasteiger partial charge in [0, 0.05) is 50.8 Å². The zero-order valence-corrected chi connectivity index (χ0v) is 18.8. The Hall–Kier alpha value is -3.28. The molecule has 0 radical (unpaired) electrons. The quantitative estimate of drug-likeness (QED) is 0.658. The number of amides is 1. The SMILES string of the molecule is CN(C)c1c(C(=O)N[C@H]2CCOc3ccccc32)cnc2c(N3CCCCC3)cccc12. The summed E-state index contributed by atoms with van der Waals surface area (Å²) in [7, 11) is 3.98. The van der Waals surface area contributed by atoms with Crippen LogP contribution in [0.25, 0.3) is 10.9 Å². The summed E-state index contributed by atoms with van der Waals surface area (Å²) < 4.78 is 5.75. The fourth-order valence-electron chi connectivity index (χ4n) is 4.96. The monoisotopic (exact) mass is 430 g/mol. The van der Waals surface area contributed by atoms with Gasteiger partial charge in [-0.15, -0.1) is 0 Å². The number of hydrogen-bond donors (Lipinski definition) is 1. The van der Waals surface area contributed by atoms with Crippen LogP contribution in [0.1, 0.15) is 47.6 Å². The Balaban J connectivity index is 1.52. The summed E-state index contributed by atoms with van der Waals surface area (Å²) in [5.41, 5.74) is 4.66. The lowest BCUT2D eigenvalue weighted by Crippen LogP contribution is -2.33. The lowest BCUT2D eigenvalue weighted by molar-refractivity contribution is 0.0925. The van der Waals surface area contributed by atoms with Gasteiger partial charge in [-0.2, -0.15) is 0 Å². The molecule has 3 heterocycles. The fraction of sp³-hybridized carbons (Fsp3) is 0.385. The Bertz CT molecular complexity index is 1140. The number of rotatable bonds is 4. The minimum absolute atomic E-state index is 0.0714. The van der Waals surface area contributed by atoms with Crippen molar-refractivity contribution in [2.75, 3.05) is 43.6 Å². The first-order chi connectivity index (χ1) is 15.6. The Morgan fingerprint density at radius 3 is 2.72 bits per heavy atom. The number of nitrogens with zero attached hydrogens (tertiary/aromatic N) is 3. The first-order valence-corrected chi connectivity index (χ1v) is 11.5. The average molecular weight is 431 g/mol. The number of nitrogens with one attached hydrogen (secondary N) is 1. The van der Waals surface area contributed by atoms with E-state index in [4.69, 9.17) is 9.72 Å². The third kappa shape index (κ3) is 3.74. The Labute approximate surface area is 189 Å². The number of para-hydroxylation sites is 2. The molecule has 1 atom stereocenters. The summed E-state index contributed by atoms with van der Waals surface area (Å²) in [6.07, 6.45) is 6.21. The van der Waals surface area contributed by atoms with E-state index in [9.17, 15) is 4.79 Å². The maximum atomic E-state index is 13.4. The highest BCUT2D eigenvalue weighted by atomic mass is 16.5. The Kier molecular flexibility index (Phi) is 5.60. The van der Waals surface area contributed by atoms with Crippen LogP contribution in [0.3, 0.4) is 0 Å². The van der Waals surface area contributed by atoms with Crippen molar-refractivity contribution in [2.24, 2.45) is 0 Å². The van der Waals surface area contributed by atoms with Gasteiger partial charge < -0.3 is 19.9 Å². The molecule has 1 amide bonds. The van der Waals surface area contributed by atoms with Gasteiger partial charge in [-0.1, -0.05) is 30.3 Å². The number of carbonyl (C=O) groups is 1. The molecule has 2 aromatic carbocycles. The standard InChI is InChI=1S/C26H30N4O2/c1-29(2)25-19-10-8-11-22(30-14-6-3-7-15-30)24(19)27-17-20(25)26(31)28-21-13-16-32-23-12-5-4-9-18(21)23/h4-5,8-12,17,21H,3,6-7,13-16H2,1-2H3,(H,28,31)/t21-/m0/s1. The number of piperidine rings is 1. The van der Waals surface area contributed by atoms with Crippen molar-refractivity contribution < 1.29 is 9.53 Å². The second kappa shape index (κ2) is 8.69. The number of aromatic nitrogens is 1. The molecule has 166 valence electrons. The van der Waals surface area contributed by atoms with Crippen LogP contribution in [-0.2, 0) is 0 Å². The molecule has 0 spiro atoms. The van der Waals surface area contributed by atoms with Gasteiger partial charge in [0.25, 0.3) is 5.91 Å². The molecule has 0 unspecified atom stereocenters. The number of anilines is 2. The number of fused-ring (bicyclic) bond motifs is 2. The van der Waals surface area contributed by atoms with Crippen molar-refractivity contribution in [2.45, 2.75) is 31.7 Å². The van der Waals surface area contributed by atoms with Crippen LogP contribution >= 0.6 is 0 Å².